The Bertz CT molecular complexity index is 1490. The van der Waals surface area contributed by atoms with Crippen LogP contribution >= 0.6 is 34.5 Å². The second-order valence-electron chi connectivity index (χ2n) is 7.93. The van der Waals surface area contributed by atoms with Gasteiger partial charge >= 0.3 is 0 Å². The Hall–Kier alpha value is -3.60. The van der Waals surface area contributed by atoms with Crippen LogP contribution in [0.15, 0.2) is 42.7 Å². The second kappa shape index (κ2) is 9.81. The van der Waals surface area contributed by atoms with Gasteiger partial charge in [0.05, 0.1) is 42.5 Å². The molecule has 0 saturated heterocycles. The van der Waals surface area contributed by atoms with Crippen molar-refractivity contribution in [3.05, 3.63) is 80.6 Å². The van der Waals surface area contributed by atoms with Gasteiger partial charge in [0, 0.05) is 23.0 Å². The van der Waals surface area contributed by atoms with Gasteiger partial charge in [-0.15, -0.1) is 0 Å². The molecular formula is C24H18Cl2N6O3S. The van der Waals surface area contributed by atoms with Crippen LogP contribution < -0.4 is 10.1 Å². The molecule has 2 amide bonds. The van der Waals surface area contributed by atoms with Crippen LogP contribution in [0, 0.1) is 6.92 Å². The third-order valence-electron chi connectivity index (χ3n) is 5.52. The Morgan fingerprint density at radius 1 is 1.06 bits per heavy atom. The minimum Gasteiger partial charge on any atom is -0.494 e. The monoisotopic (exact) mass is 540 g/mol. The number of carbonyl (C=O) groups is 2. The number of ether oxygens (including phenoxy) is 1. The second-order valence-corrected chi connectivity index (χ2v) is 9.79. The van der Waals surface area contributed by atoms with E-state index in [-0.39, 0.29) is 27.8 Å². The maximum Gasteiger partial charge on any atom is 0.273 e. The van der Waals surface area contributed by atoms with E-state index in [1.807, 2.05) is 6.92 Å². The standard InChI is InChI=1S/C24H18Cl2N6O3S/c1-12-6-13(14-7-21(26)28-9-18(14)35-2)15(8-27-12)22(33)31-24-30-17-10-32(11-19(17)36-24)23(34)16-4-3-5-20(25)29-16/h3-9H,10-11H2,1-2H3,(H,30,31,33). The molecule has 182 valence electrons. The lowest BCUT2D eigenvalue weighted by atomic mass is 10.0. The highest BCUT2D eigenvalue weighted by Gasteiger charge is 2.29. The fourth-order valence-corrected chi connectivity index (χ4v) is 5.15. The van der Waals surface area contributed by atoms with Crippen LogP contribution in [-0.2, 0) is 13.1 Å². The highest BCUT2D eigenvalue weighted by Crippen LogP contribution is 2.35. The molecule has 0 aromatic carbocycles. The summed E-state index contributed by atoms with van der Waals surface area (Å²) in [5, 5.41) is 3.82. The van der Waals surface area contributed by atoms with Gasteiger partial charge in [-0.25, -0.2) is 15.0 Å². The third-order valence-corrected chi connectivity index (χ3v) is 6.94. The number of hydrogen-bond acceptors (Lipinski definition) is 8. The Morgan fingerprint density at radius 3 is 2.64 bits per heavy atom. The maximum absolute atomic E-state index is 13.3. The molecule has 0 spiro atoms. The topological polar surface area (TPSA) is 110 Å². The average Bonchev–Trinajstić information content (AvgIpc) is 3.42. The van der Waals surface area contributed by atoms with Crippen molar-refractivity contribution in [1.82, 2.24) is 24.8 Å². The molecular weight excluding hydrogens is 523 g/mol. The number of thiazole rings is 1. The molecule has 1 aliphatic heterocycles. The number of aryl methyl sites for hydroxylation is 1. The predicted molar refractivity (Wildman–Crippen MR) is 137 cm³/mol. The van der Waals surface area contributed by atoms with Crippen molar-refractivity contribution in [3.8, 4) is 16.9 Å². The quantitative estimate of drug-likeness (QED) is 0.353. The molecule has 4 aromatic heterocycles. The molecule has 5 rings (SSSR count). The van der Waals surface area contributed by atoms with E-state index in [2.05, 4.69) is 25.3 Å². The van der Waals surface area contributed by atoms with Gasteiger partial charge in [0.25, 0.3) is 11.8 Å². The van der Waals surface area contributed by atoms with E-state index >= 15 is 0 Å². The number of halogens is 2. The number of fused-ring (bicyclic) bond motifs is 1. The summed E-state index contributed by atoms with van der Waals surface area (Å²) in [6.45, 7) is 2.52. The first-order chi connectivity index (χ1) is 17.3. The molecule has 0 saturated carbocycles. The van der Waals surface area contributed by atoms with Gasteiger partial charge in [-0.05, 0) is 31.2 Å². The van der Waals surface area contributed by atoms with Crippen molar-refractivity contribution in [3.63, 3.8) is 0 Å². The first kappa shape index (κ1) is 24.1. The largest absolute Gasteiger partial charge is 0.494 e. The van der Waals surface area contributed by atoms with Crippen LogP contribution in [0.5, 0.6) is 5.75 Å². The fraction of sp³-hybridized carbons (Fsp3) is 0.167. The van der Waals surface area contributed by atoms with Gasteiger partial charge in [0.2, 0.25) is 0 Å². The normalized spacial score (nSPS) is 12.4. The molecule has 0 radical (unpaired) electrons. The summed E-state index contributed by atoms with van der Waals surface area (Å²) in [6.07, 6.45) is 3.01. The Labute approximate surface area is 220 Å². The zero-order chi connectivity index (χ0) is 25.4. The van der Waals surface area contributed by atoms with Crippen LogP contribution in [0.25, 0.3) is 11.1 Å². The number of hydrogen-bond donors (Lipinski definition) is 1. The highest BCUT2D eigenvalue weighted by molar-refractivity contribution is 7.16. The first-order valence-electron chi connectivity index (χ1n) is 10.7. The molecule has 0 aliphatic carbocycles. The smallest absolute Gasteiger partial charge is 0.273 e. The predicted octanol–water partition coefficient (Wildman–Crippen LogP) is 5.03. The number of pyridine rings is 3. The number of rotatable bonds is 5. The summed E-state index contributed by atoms with van der Waals surface area (Å²) in [4.78, 5) is 45.5. The van der Waals surface area contributed by atoms with Crippen LogP contribution in [-0.4, -0.2) is 43.8 Å². The van der Waals surface area contributed by atoms with E-state index in [0.717, 1.165) is 16.3 Å². The summed E-state index contributed by atoms with van der Waals surface area (Å²) in [5.41, 5.74) is 3.30. The number of methoxy groups -OCH3 is 1. The number of anilines is 1. The highest BCUT2D eigenvalue weighted by atomic mass is 35.5. The van der Waals surface area contributed by atoms with E-state index in [9.17, 15) is 9.59 Å². The Kier molecular flexibility index (Phi) is 6.57. The van der Waals surface area contributed by atoms with Crippen molar-refractivity contribution in [2.75, 3.05) is 12.4 Å². The minimum absolute atomic E-state index is 0.228. The first-order valence-corrected chi connectivity index (χ1v) is 12.3. The molecule has 4 aromatic rings. The van der Waals surface area contributed by atoms with E-state index < -0.39 is 0 Å². The number of aromatic nitrogens is 4. The van der Waals surface area contributed by atoms with Crippen molar-refractivity contribution in [2.45, 2.75) is 20.0 Å². The SMILES string of the molecule is COc1cnc(Cl)cc1-c1cc(C)ncc1C(=O)Nc1nc2c(s1)CN(C(=O)c1cccc(Cl)n1)C2. The Morgan fingerprint density at radius 2 is 1.89 bits per heavy atom. The molecule has 12 heteroatoms. The summed E-state index contributed by atoms with van der Waals surface area (Å²) >= 11 is 13.4. The number of nitrogens with zero attached hydrogens (tertiary/aromatic N) is 5. The summed E-state index contributed by atoms with van der Waals surface area (Å²) in [7, 11) is 1.52. The lowest BCUT2D eigenvalue weighted by Gasteiger charge is -2.15. The average molecular weight is 541 g/mol. The van der Waals surface area contributed by atoms with Gasteiger partial charge < -0.3 is 9.64 Å². The maximum atomic E-state index is 13.3. The summed E-state index contributed by atoms with van der Waals surface area (Å²) in [6, 6.07) is 8.36. The van der Waals surface area contributed by atoms with Crippen LogP contribution in [0.1, 0.15) is 37.1 Å². The van der Waals surface area contributed by atoms with E-state index in [1.54, 1.807) is 35.2 Å². The summed E-state index contributed by atoms with van der Waals surface area (Å²) in [5.74, 6) is -0.129. The van der Waals surface area contributed by atoms with Gasteiger partial charge in [0.15, 0.2) is 5.13 Å². The molecule has 5 heterocycles. The molecule has 0 fully saturated rings. The molecule has 0 bridgehead atoms. The van der Waals surface area contributed by atoms with Gasteiger partial charge in [-0.3, -0.25) is 19.9 Å². The zero-order valence-corrected chi connectivity index (χ0v) is 21.4. The van der Waals surface area contributed by atoms with Crippen molar-refractivity contribution >= 4 is 51.5 Å². The van der Waals surface area contributed by atoms with Crippen LogP contribution in [0.4, 0.5) is 5.13 Å². The van der Waals surface area contributed by atoms with Crippen LogP contribution in [0.3, 0.4) is 0 Å². The van der Waals surface area contributed by atoms with E-state index in [1.165, 1.54) is 30.8 Å². The van der Waals surface area contributed by atoms with Crippen molar-refractivity contribution in [2.24, 2.45) is 0 Å². The van der Waals surface area contributed by atoms with Crippen LogP contribution in [0.2, 0.25) is 10.3 Å². The number of nitrogens with one attached hydrogen (secondary N) is 1. The van der Waals surface area contributed by atoms with E-state index in [4.69, 9.17) is 27.9 Å². The Balaban J connectivity index is 1.36. The molecule has 0 atom stereocenters. The molecule has 1 aliphatic rings. The zero-order valence-electron chi connectivity index (χ0n) is 19.1. The molecule has 0 unspecified atom stereocenters. The van der Waals surface area contributed by atoms with Gasteiger partial charge in [-0.1, -0.05) is 40.6 Å². The molecule has 1 N–H and O–H groups in total. The number of amides is 2. The molecule has 36 heavy (non-hydrogen) atoms. The van der Waals surface area contributed by atoms with E-state index in [0.29, 0.717) is 40.7 Å². The lowest BCUT2D eigenvalue weighted by Crippen LogP contribution is -2.26. The number of carbonyl (C=O) groups excluding carboxylic acids is 2. The molecule has 9 nitrogen and oxygen atoms in total. The van der Waals surface area contributed by atoms with Crippen molar-refractivity contribution in [1.29, 1.82) is 0 Å². The fourth-order valence-electron chi connectivity index (χ4n) is 3.85. The van der Waals surface area contributed by atoms with Crippen molar-refractivity contribution < 1.29 is 14.3 Å². The summed E-state index contributed by atoms with van der Waals surface area (Å²) < 4.78 is 5.43. The van der Waals surface area contributed by atoms with Gasteiger partial charge in [0.1, 0.15) is 21.7 Å². The lowest BCUT2D eigenvalue weighted by molar-refractivity contribution is 0.0744. The minimum atomic E-state index is -0.379. The van der Waals surface area contributed by atoms with Gasteiger partial charge in [-0.2, -0.15) is 0 Å². The third kappa shape index (κ3) is 4.75.